The summed E-state index contributed by atoms with van der Waals surface area (Å²) >= 11 is 1.76. The summed E-state index contributed by atoms with van der Waals surface area (Å²) in [5, 5.41) is 8.06. The van der Waals surface area contributed by atoms with Crippen LogP contribution >= 0.6 is 11.3 Å². The molecule has 0 saturated carbocycles. The first kappa shape index (κ1) is 29.1. The zero-order valence-corrected chi connectivity index (χ0v) is 28.7. The average Bonchev–Trinajstić information content (AvgIpc) is 3.78. The van der Waals surface area contributed by atoms with Gasteiger partial charge in [0.05, 0.1) is 15.9 Å². The van der Waals surface area contributed by atoms with Gasteiger partial charge in [0.2, 0.25) is 0 Å². The second kappa shape index (κ2) is 11.5. The monoisotopic (exact) mass is 680 g/mol. The lowest BCUT2D eigenvalue weighted by molar-refractivity contribution is 0.669. The van der Waals surface area contributed by atoms with Crippen molar-refractivity contribution in [3.8, 4) is 44.9 Å². The largest absolute Gasteiger partial charge is 0.456 e. The zero-order valence-electron chi connectivity index (χ0n) is 27.9. The Balaban J connectivity index is 1.14. The van der Waals surface area contributed by atoms with Gasteiger partial charge in [-0.3, -0.25) is 0 Å². The van der Waals surface area contributed by atoms with Gasteiger partial charge in [-0.15, -0.1) is 11.3 Å². The molecule has 0 bridgehead atoms. The van der Waals surface area contributed by atoms with Gasteiger partial charge in [-0.2, -0.15) is 0 Å². The Labute approximate surface area is 303 Å². The lowest BCUT2D eigenvalue weighted by atomic mass is 9.91. The molecule has 0 radical (unpaired) electrons. The highest BCUT2D eigenvalue weighted by atomic mass is 32.1. The molecular weight excluding hydrogens is 653 g/mol. The van der Waals surface area contributed by atoms with Crippen LogP contribution < -0.4 is 0 Å². The van der Waals surface area contributed by atoms with Gasteiger partial charge < -0.3 is 4.42 Å². The second-order valence-corrected chi connectivity index (χ2v) is 14.3. The summed E-state index contributed by atoms with van der Waals surface area (Å²) in [5.74, 6) is 0.690. The Morgan fingerprint density at radius 1 is 0.423 bits per heavy atom. The van der Waals surface area contributed by atoms with Gasteiger partial charge in [-0.25, -0.2) is 9.97 Å². The molecule has 242 valence electrons. The Hall–Kier alpha value is -6.62. The third-order valence-corrected chi connectivity index (χ3v) is 11.5. The molecule has 0 atom stereocenters. The van der Waals surface area contributed by atoms with Crippen molar-refractivity contribution in [1.82, 2.24) is 9.97 Å². The van der Waals surface area contributed by atoms with E-state index in [-0.39, 0.29) is 0 Å². The van der Waals surface area contributed by atoms with E-state index in [0.717, 1.165) is 59.9 Å². The maximum absolute atomic E-state index is 6.52. The fourth-order valence-electron chi connectivity index (χ4n) is 7.84. The van der Waals surface area contributed by atoms with E-state index in [1.165, 1.54) is 42.9 Å². The summed E-state index contributed by atoms with van der Waals surface area (Å²) in [6, 6.07) is 60.2. The van der Waals surface area contributed by atoms with Crippen molar-refractivity contribution in [2.24, 2.45) is 0 Å². The molecule has 0 aliphatic heterocycles. The summed E-state index contributed by atoms with van der Waals surface area (Å²) in [5.41, 5.74) is 10.4. The first-order valence-electron chi connectivity index (χ1n) is 17.5. The maximum Gasteiger partial charge on any atom is 0.161 e. The lowest BCUT2D eigenvalue weighted by Gasteiger charge is -2.12. The van der Waals surface area contributed by atoms with Gasteiger partial charge in [0, 0.05) is 32.0 Å². The number of thiophene rings is 1. The van der Waals surface area contributed by atoms with Crippen LogP contribution in [0.3, 0.4) is 0 Å². The van der Waals surface area contributed by atoms with Crippen LogP contribution in [0.15, 0.2) is 174 Å². The molecule has 0 aliphatic rings. The Kier molecular flexibility index (Phi) is 6.42. The Bertz CT molecular complexity index is 3190. The molecule has 3 heterocycles. The second-order valence-electron chi connectivity index (χ2n) is 13.3. The quantitative estimate of drug-likeness (QED) is 0.186. The van der Waals surface area contributed by atoms with Crippen LogP contribution in [-0.2, 0) is 0 Å². The van der Waals surface area contributed by atoms with Crippen LogP contribution in [0.2, 0.25) is 0 Å². The topological polar surface area (TPSA) is 38.9 Å². The van der Waals surface area contributed by atoms with Crippen molar-refractivity contribution in [2.75, 3.05) is 0 Å². The number of hydrogen-bond donors (Lipinski definition) is 0. The first-order valence-corrected chi connectivity index (χ1v) is 18.3. The third-order valence-electron chi connectivity index (χ3n) is 10.3. The minimum absolute atomic E-state index is 0.690. The number of benzene rings is 8. The van der Waals surface area contributed by atoms with E-state index in [2.05, 4.69) is 158 Å². The fourth-order valence-corrected chi connectivity index (χ4v) is 9.00. The van der Waals surface area contributed by atoms with Crippen molar-refractivity contribution in [3.63, 3.8) is 0 Å². The molecule has 0 saturated heterocycles. The molecule has 52 heavy (non-hydrogen) atoms. The molecule has 0 fully saturated rings. The van der Waals surface area contributed by atoms with Crippen molar-refractivity contribution >= 4 is 75.1 Å². The average molecular weight is 681 g/mol. The number of furan rings is 1. The molecule has 0 aliphatic carbocycles. The highest BCUT2D eigenvalue weighted by Crippen LogP contribution is 2.43. The normalized spacial score (nSPS) is 11.8. The predicted molar refractivity (Wildman–Crippen MR) is 219 cm³/mol. The summed E-state index contributed by atoms with van der Waals surface area (Å²) in [7, 11) is 0. The van der Waals surface area contributed by atoms with Gasteiger partial charge in [-0.1, -0.05) is 140 Å². The summed E-state index contributed by atoms with van der Waals surface area (Å²) in [6.07, 6.45) is 0. The highest BCUT2D eigenvalue weighted by molar-refractivity contribution is 7.26. The Morgan fingerprint density at radius 2 is 1.13 bits per heavy atom. The van der Waals surface area contributed by atoms with Crippen LogP contribution in [-0.4, -0.2) is 9.97 Å². The van der Waals surface area contributed by atoms with E-state index in [9.17, 15) is 0 Å². The van der Waals surface area contributed by atoms with Gasteiger partial charge in [-0.05, 0) is 74.1 Å². The summed E-state index contributed by atoms with van der Waals surface area (Å²) < 4.78 is 8.82. The van der Waals surface area contributed by atoms with Crippen LogP contribution in [0.25, 0.3) is 109 Å². The minimum Gasteiger partial charge on any atom is -0.456 e. The van der Waals surface area contributed by atoms with Gasteiger partial charge in [0.15, 0.2) is 5.82 Å². The molecule has 4 heteroatoms. The molecular formula is C48H28N2OS. The number of rotatable bonds is 4. The van der Waals surface area contributed by atoms with E-state index >= 15 is 0 Å². The van der Waals surface area contributed by atoms with Crippen molar-refractivity contribution in [3.05, 3.63) is 170 Å². The molecule has 0 spiro atoms. The minimum atomic E-state index is 0.690. The molecule has 11 rings (SSSR count). The number of hydrogen-bond acceptors (Lipinski definition) is 4. The molecule has 0 amide bonds. The van der Waals surface area contributed by atoms with Crippen LogP contribution in [0.1, 0.15) is 0 Å². The fraction of sp³-hybridized carbons (Fsp3) is 0. The van der Waals surface area contributed by atoms with Gasteiger partial charge in [0.25, 0.3) is 0 Å². The molecule has 3 aromatic heterocycles. The van der Waals surface area contributed by atoms with Crippen LogP contribution in [0, 0.1) is 0 Å². The predicted octanol–water partition coefficient (Wildman–Crippen LogP) is 13.7. The first-order chi connectivity index (χ1) is 25.8. The van der Waals surface area contributed by atoms with Crippen molar-refractivity contribution < 1.29 is 4.42 Å². The lowest BCUT2D eigenvalue weighted by Crippen LogP contribution is -1.94. The van der Waals surface area contributed by atoms with Gasteiger partial charge >= 0.3 is 0 Å². The smallest absolute Gasteiger partial charge is 0.161 e. The van der Waals surface area contributed by atoms with E-state index in [1.807, 2.05) is 12.1 Å². The van der Waals surface area contributed by atoms with Gasteiger partial charge in [0.1, 0.15) is 11.2 Å². The number of aromatic nitrogens is 2. The molecule has 11 aromatic rings. The molecule has 3 nitrogen and oxygen atoms in total. The van der Waals surface area contributed by atoms with E-state index in [1.54, 1.807) is 11.3 Å². The SMILES string of the molecule is c1ccc(-c2ccc(-c3ccc4oc5cccc(-c6nc(-c7ccc8ccccc8c7)c7sc8ccccc8c7n6)c5c4c3)c3ccccc23)cc1. The van der Waals surface area contributed by atoms with Crippen LogP contribution in [0.4, 0.5) is 0 Å². The summed E-state index contributed by atoms with van der Waals surface area (Å²) in [6.45, 7) is 0. The van der Waals surface area contributed by atoms with Crippen molar-refractivity contribution in [1.29, 1.82) is 0 Å². The van der Waals surface area contributed by atoms with E-state index < -0.39 is 0 Å². The third kappa shape index (κ3) is 4.51. The highest BCUT2D eigenvalue weighted by Gasteiger charge is 2.21. The molecule has 0 unspecified atom stereocenters. The molecule has 0 N–H and O–H groups in total. The zero-order chi connectivity index (χ0) is 34.2. The van der Waals surface area contributed by atoms with Crippen LogP contribution in [0.5, 0.6) is 0 Å². The van der Waals surface area contributed by atoms with Crippen molar-refractivity contribution in [2.45, 2.75) is 0 Å². The Morgan fingerprint density at radius 3 is 1.98 bits per heavy atom. The number of nitrogens with zero attached hydrogens (tertiary/aromatic N) is 2. The van der Waals surface area contributed by atoms with E-state index in [0.29, 0.717) is 5.82 Å². The van der Waals surface area contributed by atoms with E-state index in [4.69, 9.17) is 14.4 Å². The summed E-state index contributed by atoms with van der Waals surface area (Å²) in [4.78, 5) is 10.7. The molecule has 8 aromatic carbocycles. The maximum atomic E-state index is 6.52. The number of fused-ring (bicyclic) bond motifs is 8. The standard InChI is InChI=1S/C48H28N2OS/c1-2-12-30(13-3-1)34-24-25-35(37-16-7-6-15-36(34)37)32-23-26-41-40(28-32)44-39(18-10-19-42(44)51-41)48-49-45(33-22-21-29-11-4-5-14-31(29)27-33)47-46(50-48)38-17-8-9-20-43(38)52-47/h1-28H.